The second kappa shape index (κ2) is 8.61. The minimum Gasteiger partial charge on any atom is -0.459 e. The van der Waals surface area contributed by atoms with Crippen LogP contribution in [-0.4, -0.2) is 35.3 Å². The van der Waals surface area contributed by atoms with Crippen LogP contribution >= 0.6 is 28.1 Å². The summed E-state index contributed by atoms with van der Waals surface area (Å²) in [5.41, 5.74) is 1.26. The largest absolute Gasteiger partial charge is 0.459 e. The number of halogens is 2. The molecule has 150 valence electrons. The summed E-state index contributed by atoms with van der Waals surface area (Å²) in [6.07, 6.45) is 1.75. The van der Waals surface area contributed by atoms with Gasteiger partial charge in [-0.1, -0.05) is 22.0 Å². The molecule has 3 heterocycles. The molecule has 1 fully saturated rings. The topological polar surface area (TPSA) is 50.5 Å². The summed E-state index contributed by atoms with van der Waals surface area (Å²) >= 11 is 8.85. The highest BCUT2D eigenvalue weighted by molar-refractivity contribution is 9.10. The van der Waals surface area contributed by atoms with Crippen molar-refractivity contribution >= 4 is 33.3 Å². The Bertz CT molecular complexity index is 1010. The van der Waals surface area contributed by atoms with Crippen LogP contribution in [-0.2, 0) is 4.74 Å². The lowest BCUT2D eigenvalue weighted by molar-refractivity contribution is 0.158. The summed E-state index contributed by atoms with van der Waals surface area (Å²) in [7, 11) is 1.65. The molecule has 0 saturated carbocycles. The number of aromatic nitrogens is 1. The zero-order valence-electron chi connectivity index (χ0n) is 15.6. The van der Waals surface area contributed by atoms with Gasteiger partial charge in [0, 0.05) is 24.3 Å². The number of ether oxygens (including phenoxy) is 1. The Kier molecular flexibility index (Phi) is 5.94. The number of nitrogens with one attached hydrogen (secondary N) is 1. The Hall–Kier alpha value is -2.29. The molecule has 1 N–H and O–H groups in total. The molecule has 5 nitrogen and oxygen atoms in total. The highest BCUT2D eigenvalue weighted by Crippen LogP contribution is 2.40. The normalized spacial score (nSPS) is 18.9. The maximum Gasteiger partial charge on any atom is 0.170 e. The first-order valence-corrected chi connectivity index (χ1v) is 10.3. The molecule has 0 unspecified atom stereocenters. The minimum atomic E-state index is -0.349. The fraction of sp³-hybridized carbons (Fsp3) is 0.238. The number of furan rings is 1. The molecule has 1 aromatic carbocycles. The fourth-order valence-electron chi connectivity index (χ4n) is 3.49. The molecule has 29 heavy (non-hydrogen) atoms. The van der Waals surface area contributed by atoms with Crippen LogP contribution in [0.15, 0.2) is 63.6 Å². The second-order valence-electron chi connectivity index (χ2n) is 6.64. The van der Waals surface area contributed by atoms with Crippen molar-refractivity contribution in [1.82, 2.24) is 15.2 Å². The van der Waals surface area contributed by atoms with Crippen LogP contribution in [0.1, 0.15) is 23.5 Å². The Morgan fingerprint density at radius 3 is 2.86 bits per heavy atom. The number of hydrogen-bond acceptors (Lipinski definition) is 4. The molecule has 2 atom stereocenters. The summed E-state index contributed by atoms with van der Waals surface area (Å²) < 4.78 is 26.5. The lowest BCUT2D eigenvalue weighted by atomic mass is 10.0. The van der Waals surface area contributed by atoms with E-state index >= 15 is 0 Å². The Labute approximate surface area is 182 Å². The summed E-state index contributed by atoms with van der Waals surface area (Å²) in [5, 5.41) is 3.95. The third-order valence-electron chi connectivity index (χ3n) is 4.85. The predicted octanol–water partition coefficient (Wildman–Crippen LogP) is 4.86. The van der Waals surface area contributed by atoms with Crippen molar-refractivity contribution in [1.29, 1.82) is 0 Å². The van der Waals surface area contributed by atoms with E-state index in [0.29, 0.717) is 39.8 Å². The van der Waals surface area contributed by atoms with E-state index in [1.54, 1.807) is 31.5 Å². The van der Waals surface area contributed by atoms with Gasteiger partial charge in [-0.3, -0.25) is 4.98 Å². The van der Waals surface area contributed by atoms with Crippen LogP contribution in [0.4, 0.5) is 4.39 Å². The summed E-state index contributed by atoms with van der Waals surface area (Å²) in [6, 6.07) is 13.9. The molecule has 0 radical (unpaired) electrons. The maximum atomic E-state index is 14.4. The average Bonchev–Trinajstić information content (AvgIpc) is 3.31. The quantitative estimate of drug-likeness (QED) is 0.513. The van der Waals surface area contributed by atoms with Crippen LogP contribution in [0.25, 0.3) is 11.3 Å². The second-order valence-corrected chi connectivity index (χ2v) is 7.94. The molecular formula is C21H19BrFN3O2S. The van der Waals surface area contributed by atoms with Crippen molar-refractivity contribution in [2.75, 3.05) is 20.3 Å². The van der Waals surface area contributed by atoms with E-state index in [1.807, 2.05) is 29.2 Å². The zero-order chi connectivity index (χ0) is 20.4. The molecule has 1 aliphatic heterocycles. The first kappa shape index (κ1) is 20.0. The van der Waals surface area contributed by atoms with Gasteiger partial charge in [-0.15, -0.1) is 0 Å². The highest BCUT2D eigenvalue weighted by atomic mass is 79.9. The van der Waals surface area contributed by atoms with Gasteiger partial charge in [-0.25, -0.2) is 4.39 Å². The fourth-order valence-corrected chi connectivity index (χ4v) is 4.16. The van der Waals surface area contributed by atoms with Gasteiger partial charge in [0.2, 0.25) is 0 Å². The lowest BCUT2D eigenvalue weighted by Gasteiger charge is -2.25. The maximum absolute atomic E-state index is 14.4. The summed E-state index contributed by atoms with van der Waals surface area (Å²) in [6.45, 7) is 1.11. The SMILES string of the molecule is COCCN1C(=S)N[C@@H](c2ccccn2)[C@H]1c1ccc(-c2ccc(Br)cc2F)o1. The van der Waals surface area contributed by atoms with Gasteiger partial charge >= 0.3 is 0 Å². The molecule has 0 bridgehead atoms. The lowest BCUT2D eigenvalue weighted by Crippen LogP contribution is -2.32. The average molecular weight is 476 g/mol. The van der Waals surface area contributed by atoms with Gasteiger partial charge < -0.3 is 19.4 Å². The Morgan fingerprint density at radius 1 is 1.28 bits per heavy atom. The van der Waals surface area contributed by atoms with Crippen molar-refractivity contribution in [3.05, 3.63) is 76.5 Å². The van der Waals surface area contributed by atoms with Gasteiger partial charge in [-0.05, 0) is 54.7 Å². The molecule has 0 amide bonds. The van der Waals surface area contributed by atoms with E-state index < -0.39 is 0 Å². The van der Waals surface area contributed by atoms with E-state index in [9.17, 15) is 4.39 Å². The van der Waals surface area contributed by atoms with Crippen LogP contribution in [0.2, 0.25) is 0 Å². The summed E-state index contributed by atoms with van der Waals surface area (Å²) in [4.78, 5) is 6.51. The number of methoxy groups -OCH3 is 1. The van der Waals surface area contributed by atoms with Gasteiger partial charge in [-0.2, -0.15) is 0 Å². The molecule has 0 spiro atoms. The molecule has 3 aromatic rings. The molecule has 8 heteroatoms. The standard InChI is InChI=1S/C21H19BrFN3O2S/c1-27-11-10-26-20(19(25-21(26)29)16-4-2-3-9-24-16)18-8-7-17(28-18)14-6-5-13(22)12-15(14)23/h2-9,12,19-20H,10-11H2,1H3,(H,25,29)/t19-,20+/m0/s1. The Balaban J connectivity index is 1.72. The number of benzene rings is 1. The van der Waals surface area contributed by atoms with Crippen molar-refractivity contribution in [3.8, 4) is 11.3 Å². The highest BCUT2D eigenvalue weighted by Gasteiger charge is 2.41. The van der Waals surface area contributed by atoms with E-state index in [2.05, 4.69) is 26.2 Å². The third kappa shape index (κ3) is 4.05. The molecule has 1 aliphatic rings. The zero-order valence-corrected chi connectivity index (χ0v) is 18.0. The number of pyridine rings is 1. The van der Waals surface area contributed by atoms with Gasteiger partial charge in [0.05, 0.1) is 23.9 Å². The van der Waals surface area contributed by atoms with Crippen LogP contribution in [0.3, 0.4) is 0 Å². The number of hydrogen-bond donors (Lipinski definition) is 1. The minimum absolute atomic E-state index is 0.186. The van der Waals surface area contributed by atoms with Crippen LogP contribution in [0.5, 0.6) is 0 Å². The van der Waals surface area contributed by atoms with E-state index in [0.717, 1.165) is 5.69 Å². The van der Waals surface area contributed by atoms with E-state index in [-0.39, 0.29) is 17.9 Å². The monoisotopic (exact) mass is 475 g/mol. The van der Waals surface area contributed by atoms with Crippen molar-refractivity contribution in [2.24, 2.45) is 0 Å². The Morgan fingerprint density at radius 2 is 2.14 bits per heavy atom. The number of thiocarbonyl (C=S) groups is 1. The summed E-state index contributed by atoms with van der Waals surface area (Å²) in [5.74, 6) is 0.800. The number of rotatable bonds is 6. The molecule has 4 rings (SSSR count). The van der Waals surface area contributed by atoms with Crippen LogP contribution < -0.4 is 5.32 Å². The number of nitrogens with zero attached hydrogens (tertiary/aromatic N) is 2. The van der Waals surface area contributed by atoms with Crippen LogP contribution in [0, 0.1) is 5.82 Å². The third-order valence-corrected chi connectivity index (χ3v) is 5.69. The van der Waals surface area contributed by atoms with E-state index in [1.165, 1.54) is 6.07 Å². The van der Waals surface area contributed by atoms with Gasteiger partial charge in [0.1, 0.15) is 23.4 Å². The van der Waals surface area contributed by atoms with Crippen molar-refractivity contribution < 1.29 is 13.5 Å². The smallest absolute Gasteiger partial charge is 0.170 e. The molecule has 0 aliphatic carbocycles. The van der Waals surface area contributed by atoms with Crippen molar-refractivity contribution in [3.63, 3.8) is 0 Å². The molecule has 2 aromatic heterocycles. The van der Waals surface area contributed by atoms with Gasteiger partial charge in [0.15, 0.2) is 5.11 Å². The first-order chi connectivity index (χ1) is 14.1. The first-order valence-electron chi connectivity index (χ1n) is 9.10. The predicted molar refractivity (Wildman–Crippen MR) is 116 cm³/mol. The van der Waals surface area contributed by atoms with E-state index in [4.69, 9.17) is 21.4 Å². The molecule has 1 saturated heterocycles. The van der Waals surface area contributed by atoms with Crippen molar-refractivity contribution in [2.45, 2.75) is 12.1 Å². The van der Waals surface area contributed by atoms with Gasteiger partial charge in [0.25, 0.3) is 0 Å². The molecular weight excluding hydrogens is 457 g/mol.